The number of fused-ring (bicyclic) bond motifs is 2. The fourth-order valence-electron chi connectivity index (χ4n) is 2.80. The highest BCUT2D eigenvalue weighted by molar-refractivity contribution is 6.12. The van der Waals surface area contributed by atoms with Crippen LogP contribution in [-0.4, -0.2) is 21.9 Å². The maximum Gasteiger partial charge on any atom is 0.338 e. The SMILES string of the molecule is O=C(O)c1cc([N+](=O)[O-])cc2c1NC(=O)C21CCC1. The molecular weight excluding hydrogens is 252 g/mol. The topological polar surface area (TPSA) is 110 Å². The molecule has 0 radical (unpaired) electrons. The molecule has 1 aromatic carbocycles. The van der Waals surface area contributed by atoms with Crippen molar-refractivity contribution in [2.45, 2.75) is 24.7 Å². The molecule has 0 unspecified atom stereocenters. The summed E-state index contributed by atoms with van der Waals surface area (Å²) in [4.78, 5) is 33.4. The summed E-state index contributed by atoms with van der Waals surface area (Å²) in [6.07, 6.45) is 2.07. The summed E-state index contributed by atoms with van der Waals surface area (Å²) in [6.45, 7) is 0. The van der Waals surface area contributed by atoms with E-state index in [2.05, 4.69) is 5.32 Å². The zero-order valence-corrected chi connectivity index (χ0v) is 9.80. The van der Waals surface area contributed by atoms with E-state index in [9.17, 15) is 19.7 Å². The fraction of sp³-hybridized carbons (Fsp3) is 0.333. The highest BCUT2D eigenvalue weighted by atomic mass is 16.6. The van der Waals surface area contributed by atoms with Gasteiger partial charge in [-0.25, -0.2) is 4.79 Å². The number of nitro benzene ring substituents is 1. The molecule has 1 aromatic rings. The molecule has 19 heavy (non-hydrogen) atoms. The molecule has 1 aliphatic heterocycles. The van der Waals surface area contributed by atoms with E-state index in [0.29, 0.717) is 18.4 Å². The number of non-ortho nitro benzene ring substituents is 1. The van der Waals surface area contributed by atoms with Gasteiger partial charge in [-0.3, -0.25) is 14.9 Å². The second-order valence-electron chi connectivity index (χ2n) is 4.87. The van der Waals surface area contributed by atoms with Crippen molar-refractivity contribution in [2.24, 2.45) is 0 Å². The third kappa shape index (κ3) is 1.38. The number of aromatic carboxylic acids is 1. The number of amides is 1. The van der Waals surface area contributed by atoms with Crippen LogP contribution >= 0.6 is 0 Å². The van der Waals surface area contributed by atoms with E-state index in [-0.39, 0.29) is 22.8 Å². The van der Waals surface area contributed by atoms with Crippen molar-refractivity contribution in [1.29, 1.82) is 0 Å². The second kappa shape index (κ2) is 3.53. The lowest BCUT2D eigenvalue weighted by Gasteiger charge is -2.35. The van der Waals surface area contributed by atoms with Gasteiger partial charge in [0, 0.05) is 12.1 Å². The highest BCUT2D eigenvalue weighted by Crippen LogP contribution is 2.52. The number of nitrogens with one attached hydrogen (secondary N) is 1. The van der Waals surface area contributed by atoms with Crippen LogP contribution in [0.5, 0.6) is 0 Å². The predicted molar refractivity (Wildman–Crippen MR) is 64.2 cm³/mol. The number of rotatable bonds is 2. The number of carbonyl (C=O) groups is 2. The maximum atomic E-state index is 12.0. The minimum absolute atomic E-state index is 0.211. The summed E-state index contributed by atoms with van der Waals surface area (Å²) in [5.41, 5.74) is -0.607. The highest BCUT2D eigenvalue weighted by Gasteiger charge is 2.52. The molecule has 2 aliphatic rings. The van der Waals surface area contributed by atoms with Crippen molar-refractivity contribution in [3.63, 3.8) is 0 Å². The molecule has 1 fully saturated rings. The van der Waals surface area contributed by atoms with Crippen molar-refractivity contribution in [3.8, 4) is 0 Å². The standard InChI is InChI=1S/C12H10N2O5/c15-10(16)7-4-6(14(18)19)5-8-9(7)13-11(17)12(8)2-1-3-12/h4-5H,1-3H2,(H,13,17)(H,15,16). The number of anilines is 1. The van der Waals surface area contributed by atoms with Gasteiger partial charge >= 0.3 is 5.97 Å². The van der Waals surface area contributed by atoms with Gasteiger partial charge in [-0.1, -0.05) is 6.42 Å². The lowest BCUT2D eigenvalue weighted by atomic mass is 9.65. The molecular formula is C12H10N2O5. The van der Waals surface area contributed by atoms with Crippen LogP contribution in [0.4, 0.5) is 11.4 Å². The van der Waals surface area contributed by atoms with E-state index in [1.54, 1.807) is 0 Å². The van der Waals surface area contributed by atoms with E-state index in [1.807, 2.05) is 0 Å². The third-order valence-electron chi connectivity index (χ3n) is 3.96. The van der Waals surface area contributed by atoms with Gasteiger partial charge < -0.3 is 10.4 Å². The van der Waals surface area contributed by atoms with Crippen molar-refractivity contribution in [2.75, 3.05) is 5.32 Å². The summed E-state index contributed by atoms with van der Waals surface area (Å²) >= 11 is 0. The molecule has 7 nitrogen and oxygen atoms in total. The van der Waals surface area contributed by atoms with Crippen LogP contribution < -0.4 is 5.32 Å². The zero-order valence-electron chi connectivity index (χ0n) is 9.80. The Balaban J connectivity index is 2.27. The number of hydrogen-bond acceptors (Lipinski definition) is 4. The fourth-order valence-corrected chi connectivity index (χ4v) is 2.80. The van der Waals surface area contributed by atoms with Gasteiger partial charge in [0.15, 0.2) is 0 Å². The number of nitro groups is 1. The molecule has 3 rings (SSSR count). The average Bonchev–Trinajstić information content (AvgIpc) is 2.58. The van der Waals surface area contributed by atoms with E-state index in [4.69, 9.17) is 5.11 Å². The average molecular weight is 262 g/mol. The molecule has 1 heterocycles. The Morgan fingerprint density at radius 3 is 2.58 bits per heavy atom. The molecule has 98 valence electrons. The van der Waals surface area contributed by atoms with Gasteiger partial charge in [-0.05, 0) is 18.4 Å². The Hall–Kier alpha value is -2.44. The molecule has 2 N–H and O–H groups in total. The molecule has 1 spiro atoms. The normalized spacial score (nSPS) is 18.6. The van der Waals surface area contributed by atoms with Crippen molar-refractivity contribution < 1.29 is 19.6 Å². The monoisotopic (exact) mass is 262 g/mol. The first kappa shape index (κ1) is 11.6. The molecule has 1 amide bonds. The van der Waals surface area contributed by atoms with Crippen LogP contribution in [0.3, 0.4) is 0 Å². The Kier molecular flexibility index (Phi) is 2.16. The quantitative estimate of drug-likeness (QED) is 0.622. The van der Waals surface area contributed by atoms with E-state index < -0.39 is 16.3 Å². The van der Waals surface area contributed by atoms with Crippen LogP contribution in [0.15, 0.2) is 12.1 Å². The van der Waals surface area contributed by atoms with Gasteiger partial charge in [-0.2, -0.15) is 0 Å². The van der Waals surface area contributed by atoms with E-state index >= 15 is 0 Å². The minimum Gasteiger partial charge on any atom is -0.478 e. The molecule has 0 atom stereocenters. The first-order chi connectivity index (χ1) is 8.95. The number of hydrogen-bond donors (Lipinski definition) is 2. The van der Waals surface area contributed by atoms with Crippen molar-refractivity contribution in [1.82, 2.24) is 0 Å². The summed E-state index contributed by atoms with van der Waals surface area (Å²) in [5.74, 6) is -1.53. The number of benzene rings is 1. The smallest absolute Gasteiger partial charge is 0.338 e. The number of nitrogens with zero attached hydrogens (tertiary/aromatic N) is 1. The van der Waals surface area contributed by atoms with Crippen molar-refractivity contribution in [3.05, 3.63) is 33.4 Å². The van der Waals surface area contributed by atoms with Crippen molar-refractivity contribution >= 4 is 23.3 Å². The molecule has 0 aromatic heterocycles. The Morgan fingerprint density at radius 2 is 2.11 bits per heavy atom. The van der Waals surface area contributed by atoms with E-state index in [0.717, 1.165) is 12.5 Å². The molecule has 0 bridgehead atoms. The summed E-state index contributed by atoms with van der Waals surface area (Å²) in [7, 11) is 0. The molecule has 1 saturated carbocycles. The van der Waals surface area contributed by atoms with Gasteiger partial charge in [0.1, 0.15) is 0 Å². The summed E-state index contributed by atoms with van der Waals surface area (Å²) < 4.78 is 0. The number of carboxylic acid groups (broad SMARTS) is 1. The lowest BCUT2D eigenvalue weighted by Crippen LogP contribution is -2.40. The summed E-state index contributed by atoms with van der Waals surface area (Å²) in [6, 6.07) is 2.30. The molecule has 7 heteroatoms. The van der Waals surface area contributed by atoms with Crippen LogP contribution in [0.2, 0.25) is 0 Å². The van der Waals surface area contributed by atoms with Gasteiger partial charge in [0.05, 0.1) is 21.6 Å². The maximum absolute atomic E-state index is 12.0. The molecule has 1 aliphatic carbocycles. The predicted octanol–water partition coefficient (Wildman–Crippen LogP) is 1.67. The van der Waals surface area contributed by atoms with Gasteiger partial charge in [0.25, 0.3) is 5.69 Å². The number of carbonyl (C=O) groups excluding carboxylic acids is 1. The van der Waals surface area contributed by atoms with Crippen LogP contribution in [-0.2, 0) is 10.2 Å². The first-order valence-corrected chi connectivity index (χ1v) is 5.83. The molecule has 0 saturated heterocycles. The van der Waals surface area contributed by atoms with E-state index in [1.165, 1.54) is 6.07 Å². The Morgan fingerprint density at radius 1 is 1.42 bits per heavy atom. The third-order valence-corrected chi connectivity index (χ3v) is 3.96. The minimum atomic E-state index is -1.28. The van der Waals surface area contributed by atoms with Gasteiger partial charge in [0.2, 0.25) is 5.91 Å². The Bertz CT molecular complexity index is 633. The zero-order chi connectivity index (χ0) is 13.8. The van der Waals surface area contributed by atoms with Crippen LogP contribution in [0.25, 0.3) is 0 Å². The number of carboxylic acids is 1. The first-order valence-electron chi connectivity index (χ1n) is 5.83. The van der Waals surface area contributed by atoms with Crippen LogP contribution in [0.1, 0.15) is 35.2 Å². The van der Waals surface area contributed by atoms with Gasteiger partial charge in [-0.15, -0.1) is 0 Å². The summed E-state index contributed by atoms with van der Waals surface area (Å²) in [5, 5.41) is 22.6. The lowest BCUT2D eigenvalue weighted by molar-refractivity contribution is -0.385. The second-order valence-corrected chi connectivity index (χ2v) is 4.87. The Labute approximate surface area is 107 Å². The van der Waals surface area contributed by atoms with Crippen LogP contribution in [0, 0.1) is 10.1 Å². The largest absolute Gasteiger partial charge is 0.478 e.